The van der Waals surface area contributed by atoms with Crippen LogP contribution in [0.2, 0.25) is 0 Å². The van der Waals surface area contributed by atoms with Gasteiger partial charge in [0.15, 0.2) is 5.84 Å². The maximum absolute atomic E-state index is 8.66. The molecule has 1 aromatic heterocycles. The summed E-state index contributed by atoms with van der Waals surface area (Å²) in [6, 6.07) is 1.66. The van der Waals surface area contributed by atoms with E-state index in [1.807, 2.05) is 0 Å². The van der Waals surface area contributed by atoms with Crippen LogP contribution in [0.25, 0.3) is 0 Å². The number of nitrogens with zero attached hydrogens (tertiary/aromatic N) is 2. The molecule has 0 aliphatic heterocycles. The van der Waals surface area contributed by atoms with E-state index in [1.165, 1.54) is 11.8 Å². The van der Waals surface area contributed by atoms with Gasteiger partial charge < -0.3 is 16.0 Å². The van der Waals surface area contributed by atoms with Crippen molar-refractivity contribution >= 4 is 17.6 Å². The third kappa shape index (κ3) is 2.61. The first-order valence-corrected chi connectivity index (χ1v) is 4.93. The van der Waals surface area contributed by atoms with E-state index in [0.717, 1.165) is 4.90 Å². The second-order valence-corrected chi connectivity index (χ2v) is 3.57. The van der Waals surface area contributed by atoms with Crippen LogP contribution in [0.15, 0.2) is 28.5 Å². The molecule has 4 N–H and O–H groups in total. The second-order valence-electron chi connectivity index (χ2n) is 2.43. The van der Waals surface area contributed by atoms with Gasteiger partial charge in [0.05, 0.1) is 6.61 Å². The van der Waals surface area contributed by atoms with Crippen molar-refractivity contribution in [1.29, 1.82) is 0 Å². The summed E-state index contributed by atoms with van der Waals surface area (Å²) < 4.78 is 0. The van der Waals surface area contributed by atoms with Gasteiger partial charge in [-0.2, -0.15) is 0 Å². The molecule has 0 saturated heterocycles. The summed E-state index contributed by atoms with van der Waals surface area (Å²) in [5.41, 5.74) is 6.09. The molecule has 0 aliphatic carbocycles. The van der Waals surface area contributed by atoms with Crippen molar-refractivity contribution in [3.8, 4) is 0 Å². The summed E-state index contributed by atoms with van der Waals surface area (Å²) in [6.07, 6.45) is 3.18. The monoisotopic (exact) mass is 213 g/mol. The zero-order chi connectivity index (χ0) is 10.4. The number of hydrogen-bond acceptors (Lipinski definition) is 5. The smallest absolute Gasteiger partial charge is 0.171 e. The van der Waals surface area contributed by atoms with E-state index in [4.69, 9.17) is 16.0 Å². The van der Waals surface area contributed by atoms with Gasteiger partial charge in [-0.1, -0.05) is 5.16 Å². The third-order valence-corrected chi connectivity index (χ3v) is 2.54. The van der Waals surface area contributed by atoms with Crippen LogP contribution < -0.4 is 5.73 Å². The van der Waals surface area contributed by atoms with Crippen LogP contribution in [0.3, 0.4) is 0 Å². The zero-order valence-electron chi connectivity index (χ0n) is 7.42. The Morgan fingerprint density at radius 1 is 1.64 bits per heavy atom. The normalized spacial score (nSPS) is 11.6. The van der Waals surface area contributed by atoms with E-state index in [1.54, 1.807) is 18.5 Å². The SMILES string of the molecule is N/C(=N/O)c1ccncc1SCCO. The maximum atomic E-state index is 8.66. The largest absolute Gasteiger partial charge is 0.409 e. The van der Waals surface area contributed by atoms with Gasteiger partial charge in [-0.3, -0.25) is 4.98 Å². The summed E-state index contributed by atoms with van der Waals surface area (Å²) in [7, 11) is 0. The highest BCUT2D eigenvalue weighted by molar-refractivity contribution is 7.99. The minimum absolute atomic E-state index is 0.0489. The molecule has 0 unspecified atom stereocenters. The predicted octanol–water partition coefficient (Wildman–Crippen LogP) is 0.260. The maximum Gasteiger partial charge on any atom is 0.171 e. The molecule has 76 valence electrons. The molecule has 0 spiro atoms. The Hall–Kier alpha value is -1.27. The molecular formula is C8H11N3O2S. The number of nitrogens with two attached hydrogens (primary N) is 1. The fourth-order valence-electron chi connectivity index (χ4n) is 0.916. The first kappa shape index (κ1) is 10.8. The average molecular weight is 213 g/mol. The van der Waals surface area contributed by atoms with E-state index in [2.05, 4.69) is 10.1 Å². The Morgan fingerprint density at radius 2 is 2.43 bits per heavy atom. The van der Waals surface area contributed by atoms with E-state index in [9.17, 15) is 0 Å². The van der Waals surface area contributed by atoms with Gasteiger partial charge in [-0.25, -0.2) is 0 Å². The standard InChI is InChI=1S/C8H11N3O2S/c9-8(11-13)6-1-2-10-5-7(6)14-4-3-12/h1-2,5,12-13H,3-4H2,(H2,9,11). The molecule has 0 amide bonds. The number of rotatable bonds is 4. The molecule has 14 heavy (non-hydrogen) atoms. The van der Waals surface area contributed by atoms with Crippen LogP contribution in [0.5, 0.6) is 0 Å². The molecule has 0 radical (unpaired) electrons. The van der Waals surface area contributed by atoms with Crippen molar-refractivity contribution in [1.82, 2.24) is 4.98 Å². The summed E-state index contributed by atoms with van der Waals surface area (Å²) in [5.74, 6) is 0.602. The minimum Gasteiger partial charge on any atom is -0.409 e. The Balaban J connectivity index is 2.91. The number of hydrogen-bond donors (Lipinski definition) is 3. The van der Waals surface area contributed by atoms with E-state index >= 15 is 0 Å². The number of aromatic nitrogens is 1. The second kappa shape index (κ2) is 5.46. The van der Waals surface area contributed by atoms with Crippen molar-refractivity contribution in [3.63, 3.8) is 0 Å². The summed E-state index contributed by atoms with van der Waals surface area (Å²) in [6.45, 7) is 0.0785. The van der Waals surface area contributed by atoms with Gasteiger partial charge in [0.25, 0.3) is 0 Å². The van der Waals surface area contributed by atoms with Crippen molar-refractivity contribution in [2.45, 2.75) is 4.90 Å². The Bertz CT molecular complexity index is 330. The lowest BCUT2D eigenvalue weighted by Crippen LogP contribution is -2.14. The minimum atomic E-state index is 0.0489. The highest BCUT2D eigenvalue weighted by Gasteiger charge is 2.06. The Labute approximate surface area is 85.6 Å². The van der Waals surface area contributed by atoms with Crippen LogP contribution in [0.1, 0.15) is 5.56 Å². The lowest BCUT2D eigenvalue weighted by atomic mass is 10.2. The van der Waals surface area contributed by atoms with Crippen molar-refractivity contribution < 1.29 is 10.3 Å². The fourth-order valence-corrected chi connectivity index (χ4v) is 1.69. The van der Waals surface area contributed by atoms with Gasteiger partial charge in [0.2, 0.25) is 0 Å². The van der Waals surface area contributed by atoms with Crippen LogP contribution in [-0.2, 0) is 0 Å². The van der Waals surface area contributed by atoms with E-state index in [0.29, 0.717) is 11.3 Å². The zero-order valence-corrected chi connectivity index (χ0v) is 8.24. The number of pyridine rings is 1. The topological polar surface area (TPSA) is 91.7 Å². The number of oxime groups is 1. The summed E-state index contributed by atoms with van der Waals surface area (Å²) in [4.78, 5) is 4.71. The highest BCUT2D eigenvalue weighted by Crippen LogP contribution is 2.20. The van der Waals surface area contributed by atoms with Gasteiger partial charge >= 0.3 is 0 Å². The van der Waals surface area contributed by atoms with E-state index in [-0.39, 0.29) is 12.4 Å². The van der Waals surface area contributed by atoms with Crippen LogP contribution in [0.4, 0.5) is 0 Å². The average Bonchev–Trinajstić information content (AvgIpc) is 2.25. The first-order valence-electron chi connectivity index (χ1n) is 3.95. The number of aliphatic hydroxyl groups is 1. The molecule has 0 atom stereocenters. The molecule has 1 rings (SSSR count). The predicted molar refractivity (Wildman–Crippen MR) is 54.6 cm³/mol. The van der Waals surface area contributed by atoms with Crippen LogP contribution >= 0.6 is 11.8 Å². The van der Waals surface area contributed by atoms with Crippen molar-refractivity contribution in [2.75, 3.05) is 12.4 Å². The third-order valence-electron chi connectivity index (χ3n) is 1.52. The molecule has 0 bridgehead atoms. The van der Waals surface area contributed by atoms with Gasteiger partial charge in [0.1, 0.15) is 0 Å². The molecule has 6 heteroatoms. The summed E-state index contributed by atoms with van der Waals surface area (Å²) >= 11 is 1.41. The van der Waals surface area contributed by atoms with Gasteiger partial charge in [0, 0.05) is 28.6 Å². The molecule has 0 aromatic carbocycles. The quantitative estimate of drug-likeness (QED) is 0.219. The molecule has 1 heterocycles. The Morgan fingerprint density at radius 3 is 3.07 bits per heavy atom. The lowest BCUT2D eigenvalue weighted by Gasteiger charge is -2.05. The molecular weight excluding hydrogens is 202 g/mol. The van der Waals surface area contributed by atoms with Crippen LogP contribution in [-0.4, -0.2) is 33.5 Å². The highest BCUT2D eigenvalue weighted by atomic mass is 32.2. The van der Waals surface area contributed by atoms with Crippen molar-refractivity contribution in [3.05, 3.63) is 24.0 Å². The molecule has 0 fully saturated rings. The number of aliphatic hydroxyl groups excluding tert-OH is 1. The molecule has 0 saturated carbocycles. The first-order chi connectivity index (χ1) is 6.79. The lowest BCUT2D eigenvalue weighted by molar-refractivity contribution is 0.318. The Kier molecular flexibility index (Phi) is 4.21. The van der Waals surface area contributed by atoms with E-state index < -0.39 is 0 Å². The number of amidine groups is 1. The van der Waals surface area contributed by atoms with Crippen LogP contribution in [0, 0.1) is 0 Å². The summed E-state index contributed by atoms with van der Waals surface area (Å²) in [5, 5.41) is 20.1. The molecule has 5 nitrogen and oxygen atoms in total. The van der Waals surface area contributed by atoms with Gasteiger partial charge in [-0.05, 0) is 6.07 Å². The molecule has 0 aliphatic rings. The molecule has 1 aromatic rings. The van der Waals surface area contributed by atoms with Crippen molar-refractivity contribution in [2.24, 2.45) is 10.9 Å². The fraction of sp³-hybridized carbons (Fsp3) is 0.250. The van der Waals surface area contributed by atoms with Gasteiger partial charge in [-0.15, -0.1) is 11.8 Å². The number of thioether (sulfide) groups is 1.